The zero-order chi connectivity index (χ0) is 12.5. The predicted octanol–water partition coefficient (Wildman–Crippen LogP) is 4.22. The maximum atomic E-state index is 14.2. The number of halogens is 2. The van der Waals surface area contributed by atoms with Gasteiger partial charge in [-0.2, -0.15) is 0 Å². The lowest BCUT2D eigenvalue weighted by Gasteiger charge is -2.18. The van der Waals surface area contributed by atoms with E-state index in [2.05, 4.69) is 0 Å². The fraction of sp³-hybridized carbons (Fsp3) is 0.538. The third-order valence-electron chi connectivity index (χ3n) is 2.64. The molecule has 90 valence electrons. The third kappa shape index (κ3) is 2.18. The van der Waals surface area contributed by atoms with E-state index >= 15 is 0 Å². The summed E-state index contributed by atoms with van der Waals surface area (Å²) in [7, 11) is 1.36. The highest BCUT2D eigenvalue weighted by Crippen LogP contribution is 2.35. The van der Waals surface area contributed by atoms with E-state index < -0.39 is 5.82 Å². The highest BCUT2D eigenvalue weighted by molar-refractivity contribution is 5.43. The molecule has 0 spiro atoms. The number of ether oxygens (including phenoxy) is 1. The van der Waals surface area contributed by atoms with Crippen molar-refractivity contribution in [1.82, 2.24) is 0 Å². The molecule has 0 N–H and O–H groups in total. The lowest BCUT2D eigenvalue weighted by atomic mass is 9.93. The maximum Gasteiger partial charge on any atom is 0.165 e. The normalized spacial score (nSPS) is 11.3. The summed E-state index contributed by atoms with van der Waals surface area (Å²) in [6.07, 6.45) is 0. The summed E-state index contributed by atoms with van der Waals surface area (Å²) < 4.78 is 32.8. The van der Waals surface area contributed by atoms with E-state index in [4.69, 9.17) is 4.74 Å². The second-order valence-corrected chi connectivity index (χ2v) is 4.52. The molecule has 0 aromatic heterocycles. The molecule has 0 heterocycles. The first kappa shape index (κ1) is 12.9. The molecule has 0 radical (unpaired) electrons. The Morgan fingerprint density at radius 2 is 1.62 bits per heavy atom. The van der Waals surface area contributed by atoms with E-state index in [0.29, 0.717) is 11.1 Å². The van der Waals surface area contributed by atoms with Gasteiger partial charge in [0.25, 0.3) is 0 Å². The molecule has 0 atom stereocenters. The fourth-order valence-electron chi connectivity index (χ4n) is 1.79. The van der Waals surface area contributed by atoms with Gasteiger partial charge in [-0.1, -0.05) is 27.7 Å². The van der Waals surface area contributed by atoms with Crippen molar-refractivity contribution in [3.8, 4) is 5.75 Å². The average Bonchev–Trinajstić information content (AvgIpc) is 2.19. The van der Waals surface area contributed by atoms with Crippen LogP contribution in [0.1, 0.15) is 50.7 Å². The zero-order valence-electron chi connectivity index (χ0n) is 10.4. The molecule has 0 bridgehead atoms. The van der Waals surface area contributed by atoms with Gasteiger partial charge in [0.15, 0.2) is 11.6 Å². The molecule has 3 heteroatoms. The summed E-state index contributed by atoms with van der Waals surface area (Å²) >= 11 is 0. The van der Waals surface area contributed by atoms with Gasteiger partial charge in [0, 0.05) is 5.56 Å². The highest BCUT2D eigenvalue weighted by Gasteiger charge is 2.22. The van der Waals surface area contributed by atoms with Crippen LogP contribution >= 0.6 is 0 Å². The minimum Gasteiger partial charge on any atom is -0.493 e. The van der Waals surface area contributed by atoms with Crippen molar-refractivity contribution in [2.75, 3.05) is 7.11 Å². The van der Waals surface area contributed by atoms with Crippen molar-refractivity contribution >= 4 is 0 Å². The van der Waals surface area contributed by atoms with Gasteiger partial charge in [0.1, 0.15) is 5.82 Å². The second-order valence-electron chi connectivity index (χ2n) is 4.52. The van der Waals surface area contributed by atoms with E-state index in [1.807, 2.05) is 27.7 Å². The number of rotatable bonds is 3. The second kappa shape index (κ2) is 4.81. The SMILES string of the molecule is COc1c(F)cc(C(C)C)c(F)c1C(C)C. The number of benzene rings is 1. The van der Waals surface area contributed by atoms with Gasteiger partial charge in [-0.3, -0.25) is 0 Å². The van der Waals surface area contributed by atoms with Gasteiger partial charge in [0.05, 0.1) is 7.11 Å². The Labute approximate surface area is 95.4 Å². The van der Waals surface area contributed by atoms with Crippen molar-refractivity contribution in [1.29, 1.82) is 0 Å². The topological polar surface area (TPSA) is 9.23 Å². The summed E-state index contributed by atoms with van der Waals surface area (Å²) in [6.45, 7) is 7.33. The van der Waals surface area contributed by atoms with Crippen molar-refractivity contribution in [2.24, 2.45) is 0 Å². The van der Waals surface area contributed by atoms with E-state index in [1.54, 1.807) is 0 Å². The number of methoxy groups -OCH3 is 1. The molecule has 0 aliphatic rings. The van der Waals surface area contributed by atoms with Gasteiger partial charge in [-0.05, 0) is 23.5 Å². The van der Waals surface area contributed by atoms with Crippen molar-refractivity contribution in [2.45, 2.75) is 39.5 Å². The molecule has 0 saturated carbocycles. The first-order chi connectivity index (χ1) is 7.40. The van der Waals surface area contributed by atoms with E-state index in [9.17, 15) is 8.78 Å². The maximum absolute atomic E-state index is 14.2. The van der Waals surface area contributed by atoms with Crippen LogP contribution in [0.3, 0.4) is 0 Å². The summed E-state index contributed by atoms with van der Waals surface area (Å²) in [5.74, 6) is -0.961. The van der Waals surface area contributed by atoms with Crippen LogP contribution in [0.25, 0.3) is 0 Å². The van der Waals surface area contributed by atoms with Crippen LogP contribution in [-0.2, 0) is 0 Å². The van der Waals surface area contributed by atoms with Crippen LogP contribution in [-0.4, -0.2) is 7.11 Å². The molecule has 0 fully saturated rings. The monoisotopic (exact) mass is 228 g/mol. The Kier molecular flexibility index (Phi) is 3.89. The molecule has 0 aliphatic heterocycles. The summed E-state index contributed by atoms with van der Waals surface area (Å²) in [5.41, 5.74) is 0.730. The Morgan fingerprint density at radius 3 is 2.00 bits per heavy atom. The van der Waals surface area contributed by atoms with Crippen molar-refractivity contribution in [3.05, 3.63) is 28.8 Å². The zero-order valence-corrected chi connectivity index (χ0v) is 10.4. The molecule has 0 saturated heterocycles. The quantitative estimate of drug-likeness (QED) is 0.752. The van der Waals surface area contributed by atoms with Gasteiger partial charge < -0.3 is 4.74 Å². The van der Waals surface area contributed by atoms with E-state index in [0.717, 1.165) is 0 Å². The Bertz CT molecular complexity index is 384. The molecule has 0 unspecified atom stereocenters. The van der Waals surface area contributed by atoms with Crippen molar-refractivity contribution in [3.63, 3.8) is 0 Å². The summed E-state index contributed by atoms with van der Waals surface area (Å²) in [5, 5.41) is 0. The first-order valence-corrected chi connectivity index (χ1v) is 5.45. The largest absolute Gasteiger partial charge is 0.493 e. The fourth-order valence-corrected chi connectivity index (χ4v) is 1.79. The summed E-state index contributed by atoms with van der Waals surface area (Å²) in [4.78, 5) is 0. The Balaban J connectivity index is 3.52. The van der Waals surface area contributed by atoms with Crippen LogP contribution < -0.4 is 4.74 Å². The summed E-state index contributed by atoms with van der Waals surface area (Å²) in [6, 6.07) is 1.23. The smallest absolute Gasteiger partial charge is 0.165 e. The lowest BCUT2D eigenvalue weighted by Crippen LogP contribution is -2.06. The minimum atomic E-state index is -0.490. The molecular formula is C13H18F2O. The van der Waals surface area contributed by atoms with Crippen LogP contribution in [0.4, 0.5) is 8.78 Å². The van der Waals surface area contributed by atoms with Crippen LogP contribution in [0.5, 0.6) is 5.75 Å². The lowest BCUT2D eigenvalue weighted by molar-refractivity contribution is 0.371. The van der Waals surface area contributed by atoms with Gasteiger partial charge in [-0.25, -0.2) is 8.78 Å². The van der Waals surface area contributed by atoms with E-state index in [1.165, 1.54) is 13.2 Å². The van der Waals surface area contributed by atoms with Gasteiger partial charge >= 0.3 is 0 Å². The number of hydrogen-bond donors (Lipinski definition) is 0. The van der Waals surface area contributed by atoms with Gasteiger partial charge in [-0.15, -0.1) is 0 Å². The van der Waals surface area contributed by atoms with Crippen LogP contribution in [0, 0.1) is 11.6 Å². The van der Waals surface area contributed by atoms with E-state index in [-0.39, 0.29) is 23.4 Å². The molecule has 1 nitrogen and oxygen atoms in total. The highest BCUT2D eigenvalue weighted by atomic mass is 19.1. The van der Waals surface area contributed by atoms with Crippen LogP contribution in [0.2, 0.25) is 0 Å². The first-order valence-electron chi connectivity index (χ1n) is 5.45. The van der Waals surface area contributed by atoms with Crippen molar-refractivity contribution < 1.29 is 13.5 Å². The molecule has 16 heavy (non-hydrogen) atoms. The van der Waals surface area contributed by atoms with Crippen LogP contribution in [0.15, 0.2) is 6.07 Å². The molecular weight excluding hydrogens is 210 g/mol. The third-order valence-corrected chi connectivity index (χ3v) is 2.64. The number of hydrogen-bond acceptors (Lipinski definition) is 1. The predicted molar refractivity (Wildman–Crippen MR) is 61.1 cm³/mol. The minimum absolute atomic E-state index is 0.0249. The molecule has 1 aromatic carbocycles. The Hall–Kier alpha value is -1.12. The molecule has 1 rings (SSSR count). The standard InChI is InChI=1S/C13H18F2O/c1-7(2)9-6-10(14)13(16-5)11(8(3)4)12(9)15/h6-8H,1-5H3. The molecule has 0 amide bonds. The molecule has 1 aromatic rings. The average molecular weight is 228 g/mol. The Morgan fingerprint density at radius 1 is 1.06 bits per heavy atom. The molecule has 0 aliphatic carbocycles. The van der Waals surface area contributed by atoms with Gasteiger partial charge in [0.2, 0.25) is 0 Å².